The fraction of sp³-hybridized carbons (Fsp3) is 0.833. The molecule has 3 unspecified atom stereocenters. The molecule has 6 heteroatoms. The molecule has 1 aliphatic rings. The summed E-state index contributed by atoms with van der Waals surface area (Å²) in [5.41, 5.74) is 5.63. The van der Waals surface area contributed by atoms with Gasteiger partial charge in [-0.2, -0.15) is 0 Å². The highest BCUT2D eigenvalue weighted by Crippen LogP contribution is 2.33. The fourth-order valence-corrected chi connectivity index (χ4v) is 3.57. The van der Waals surface area contributed by atoms with Gasteiger partial charge in [0.05, 0.1) is 5.37 Å². The number of carbonyl (C=O) groups excluding carboxylic acids is 1. The number of rotatable bonds is 6. The molecule has 1 saturated heterocycles. The number of carboxylic acid groups (broad SMARTS) is 1. The Labute approximate surface area is 112 Å². The summed E-state index contributed by atoms with van der Waals surface area (Å²) in [6.45, 7) is 3.89. The topological polar surface area (TPSA) is 83.6 Å². The van der Waals surface area contributed by atoms with E-state index in [1.54, 1.807) is 16.7 Å². The minimum absolute atomic E-state index is 0.0108. The van der Waals surface area contributed by atoms with Gasteiger partial charge >= 0.3 is 5.97 Å². The van der Waals surface area contributed by atoms with Crippen LogP contribution in [0, 0.1) is 0 Å². The van der Waals surface area contributed by atoms with E-state index >= 15 is 0 Å². The Balaban J connectivity index is 2.69. The summed E-state index contributed by atoms with van der Waals surface area (Å²) in [4.78, 5) is 24.9. The summed E-state index contributed by atoms with van der Waals surface area (Å²) >= 11 is 1.57. The van der Waals surface area contributed by atoms with Gasteiger partial charge in [-0.15, -0.1) is 11.8 Å². The quantitative estimate of drug-likeness (QED) is 0.762. The van der Waals surface area contributed by atoms with Crippen molar-refractivity contribution in [1.82, 2.24) is 4.90 Å². The van der Waals surface area contributed by atoms with Crippen LogP contribution in [0.5, 0.6) is 0 Å². The van der Waals surface area contributed by atoms with E-state index in [9.17, 15) is 9.59 Å². The molecule has 1 aliphatic heterocycles. The summed E-state index contributed by atoms with van der Waals surface area (Å²) in [6.07, 6.45) is 2.73. The van der Waals surface area contributed by atoms with Crippen LogP contribution in [0.1, 0.15) is 39.5 Å². The van der Waals surface area contributed by atoms with Gasteiger partial charge in [0.2, 0.25) is 5.91 Å². The largest absolute Gasteiger partial charge is 0.480 e. The van der Waals surface area contributed by atoms with Crippen LogP contribution in [0.3, 0.4) is 0 Å². The molecule has 1 amide bonds. The zero-order chi connectivity index (χ0) is 13.7. The zero-order valence-electron chi connectivity index (χ0n) is 11.0. The molecule has 0 bridgehead atoms. The molecule has 3 atom stereocenters. The Morgan fingerprint density at radius 2 is 2.22 bits per heavy atom. The Bertz CT molecular complexity index is 310. The minimum Gasteiger partial charge on any atom is -0.480 e. The maximum Gasteiger partial charge on any atom is 0.327 e. The van der Waals surface area contributed by atoms with Crippen LogP contribution in [-0.4, -0.2) is 45.1 Å². The molecular formula is C12H22N2O3S. The second-order valence-electron chi connectivity index (χ2n) is 4.75. The highest BCUT2D eigenvalue weighted by molar-refractivity contribution is 8.00. The predicted molar refractivity (Wildman–Crippen MR) is 72.3 cm³/mol. The first kappa shape index (κ1) is 15.3. The monoisotopic (exact) mass is 274 g/mol. The molecule has 0 aromatic heterocycles. The Morgan fingerprint density at radius 3 is 2.72 bits per heavy atom. The number of carbonyl (C=O) groups is 2. The number of hydrogen-bond donors (Lipinski definition) is 2. The van der Waals surface area contributed by atoms with E-state index < -0.39 is 12.0 Å². The maximum atomic E-state index is 12.1. The van der Waals surface area contributed by atoms with Crippen molar-refractivity contribution in [3.8, 4) is 0 Å². The van der Waals surface area contributed by atoms with Crippen molar-refractivity contribution in [3.63, 3.8) is 0 Å². The number of nitrogens with two attached hydrogens (primary N) is 1. The Hall–Kier alpha value is -0.750. The van der Waals surface area contributed by atoms with Crippen LogP contribution in [0.4, 0.5) is 0 Å². The predicted octanol–water partition coefficient (Wildman–Crippen LogP) is 1.27. The van der Waals surface area contributed by atoms with E-state index in [4.69, 9.17) is 10.8 Å². The molecule has 0 radical (unpaired) electrons. The van der Waals surface area contributed by atoms with Crippen molar-refractivity contribution in [1.29, 1.82) is 0 Å². The van der Waals surface area contributed by atoms with E-state index in [2.05, 4.69) is 0 Å². The van der Waals surface area contributed by atoms with Gasteiger partial charge in [-0.3, -0.25) is 4.79 Å². The summed E-state index contributed by atoms with van der Waals surface area (Å²) < 4.78 is 0. The van der Waals surface area contributed by atoms with Crippen LogP contribution in [-0.2, 0) is 9.59 Å². The smallest absolute Gasteiger partial charge is 0.327 e. The molecule has 5 nitrogen and oxygen atoms in total. The highest BCUT2D eigenvalue weighted by atomic mass is 32.2. The third kappa shape index (κ3) is 3.88. The lowest BCUT2D eigenvalue weighted by Gasteiger charge is -2.27. The fourth-order valence-electron chi connectivity index (χ4n) is 2.04. The maximum absolute atomic E-state index is 12.1. The lowest BCUT2D eigenvalue weighted by atomic mass is 10.1. The van der Waals surface area contributed by atoms with Gasteiger partial charge in [-0.1, -0.05) is 13.3 Å². The second-order valence-corrected chi connectivity index (χ2v) is 5.96. The lowest BCUT2D eigenvalue weighted by Crippen LogP contribution is -2.45. The molecule has 18 heavy (non-hydrogen) atoms. The van der Waals surface area contributed by atoms with E-state index in [0.717, 1.165) is 12.8 Å². The number of amides is 1. The van der Waals surface area contributed by atoms with E-state index in [-0.39, 0.29) is 17.3 Å². The molecule has 0 aromatic rings. The molecule has 104 valence electrons. The summed E-state index contributed by atoms with van der Waals surface area (Å²) in [6, 6.07) is -0.704. The van der Waals surface area contributed by atoms with Crippen LogP contribution in [0.2, 0.25) is 0 Å². The summed E-state index contributed by atoms with van der Waals surface area (Å²) in [5.74, 6) is -0.498. The normalized spacial score (nSPS) is 25.2. The van der Waals surface area contributed by atoms with E-state index in [0.29, 0.717) is 18.6 Å². The van der Waals surface area contributed by atoms with Crippen molar-refractivity contribution in [2.24, 2.45) is 5.73 Å². The first-order valence-electron chi connectivity index (χ1n) is 6.38. The van der Waals surface area contributed by atoms with Gasteiger partial charge < -0.3 is 15.7 Å². The third-order valence-corrected chi connectivity index (χ3v) is 4.37. The molecule has 3 N–H and O–H groups in total. The van der Waals surface area contributed by atoms with Gasteiger partial charge in [-0.25, -0.2) is 4.79 Å². The Kier molecular flexibility index (Phi) is 5.95. The second kappa shape index (κ2) is 6.99. The molecule has 1 rings (SSSR count). The SMILES string of the molecule is CCCC1SCC(C(=O)O)N1C(=O)CCC(C)N. The van der Waals surface area contributed by atoms with E-state index in [1.807, 2.05) is 13.8 Å². The summed E-state index contributed by atoms with van der Waals surface area (Å²) in [7, 11) is 0. The van der Waals surface area contributed by atoms with Crippen LogP contribution in [0.15, 0.2) is 0 Å². The average molecular weight is 274 g/mol. The molecule has 0 saturated carbocycles. The number of hydrogen-bond acceptors (Lipinski definition) is 4. The van der Waals surface area contributed by atoms with Crippen molar-refractivity contribution < 1.29 is 14.7 Å². The first-order chi connectivity index (χ1) is 8.47. The molecule has 1 fully saturated rings. The first-order valence-corrected chi connectivity index (χ1v) is 7.43. The Morgan fingerprint density at radius 1 is 1.56 bits per heavy atom. The number of carboxylic acids is 1. The van der Waals surface area contributed by atoms with Crippen LogP contribution in [0.25, 0.3) is 0 Å². The molecule has 0 aromatic carbocycles. The van der Waals surface area contributed by atoms with Crippen molar-refractivity contribution in [2.75, 3.05) is 5.75 Å². The average Bonchev–Trinajstić information content (AvgIpc) is 2.70. The molecule has 0 aliphatic carbocycles. The zero-order valence-corrected chi connectivity index (χ0v) is 11.8. The van der Waals surface area contributed by atoms with Crippen molar-refractivity contribution in [3.05, 3.63) is 0 Å². The van der Waals surface area contributed by atoms with Gasteiger partial charge in [0.15, 0.2) is 0 Å². The number of aliphatic carboxylic acids is 1. The van der Waals surface area contributed by atoms with Gasteiger partial charge in [0, 0.05) is 18.2 Å². The molecule has 1 heterocycles. The number of thioether (sulfide) groups is 1. The third-order valence-electron chi connectivity index (χ3n) is 3.01. The van der Waals surface area contributed by atoms with E-state index in [1.165, 1.54) is 0 Å². The molecule has 0 spiro atoms. The molecular weight excluding hydrogens is 252 g/mol. The van der Waals surface area contributed by atoms with Gasteiger partial charge in [-0.05, 0) is 19.8 Å². The van der Waals surface area contributed by atoms with Gasteiger partial charge in [0.1, 0.15) is 6.04 Å². The highest BCUT2D eigenvalue weighted by Gasteiger charge is 2.40. The minimum atomic E-state index is -0.907. The summed E-state index contributed by atoms with van der Waals surface area (Å²) in [5, 5.41) is 9.17. The van der Waals surface area contributed by atoms with Gasteiger partial charge in [0.25, 0.3) is 0 Å². The van der Waals surface area contributed by atoms with Crippen molar-refractivity contribution >= 4 is 23.6 Å². The van der Waals surface area contributed by atoms with Crippen LogP contribution < -0.4 is 5.73 Å². The lowest BCUT2D eigenvalue weighted by molar-refractivity contribution is -0.149. The van der Waals surface area contributed by atoms with Crippen molar-refractivity contribution in [2.45, 2.75) is 57.0 Å². The van der Waals surface area contributed by atoms with Crippen LogP contribution >= 0.6 is 11.8 Å². The number of nitrogens with zero attached hydrogens (tertiary/aromatic N) is 1. The standard InChI is InChI=1S/C12H22N2O3S/c1-3-4-11-14(9(7-18-11)12(16)17)10(15)6-5-8(2)13/h8-9,11H,3-7,13H2,1-2H3,(H,16,17).